The van der Waals surface area contributed by atoms with Crippen LogP contribution in [0.2, 0.25) is 0 Å². The summed E-state index contributed by atoms with van der Waals surface area (Å²) in [7, 11) is 0. The van der Waals surface area contributed by atoms with Gasteiger partial charge in [0, 0.05) is 12.8 Å². The average Bonchev–Trinajstić information content (AvgIpc) is 2.74. The van der Waals surface area contributed by atoms with Crippen LogP contribution in [-0.4, -0.2) is 64.5 Å². The van der Waals surface area contributed by atoms with Gasteiger partial charge < -0.3 is 37.6 Å². The zero-order valence-electron chi connectivity index (χ0n) is 18.5. The monoisotopic (exact) mass is 465 g/mol. The van der Waals surface area contributed by atoms with Gasteiger partial charge in [0.2, 0.25) is 23.6 Å². The molecule has 0 saturated carbocycles. The zero-order valence-corrected chi connectivity index (χ0v) is 18.5. The Kier molecular flexibility index (Phi) is 10.8. The molecule has 3 unspecified atom stereocenters. The molecule has 33 heavy (non-hydrogen) atoms. The lowest BCUT2D eigenvalue weighted by molar-refractivity contribution is -0.142. The molecule has 1 aromatic rings. The maximum Gasteiger partial charge on any atom is 0.326 e. The molecule has 0 fully saturated rings. The Bertz CT molecular complexity index is 857. The van der Waals surface area contributed by atoms with E-state index in [0.29, 0.717) is 5.56 Å². The summed E-state index contributed by atoms with van der Waals surface area (Å²) in [4.78, 5) is 59.6. The Morgan fingerprint density at radius 3 is 2.09 bits per heavy atom. The van der Waals surface area contributed by atoms with Crippen molar-refractivity contribution in [3.63, 3.8) is 0 Å². The van der Waals surface area contributed by atoms with Gasteiger partial charge in [0.25, 0.3) is 0 Å². The summed E-state index contributed by atoms with van der Waals surface area (Å²) in [6.07, 6.45) is -0.489. The van der Waals surface area contributed by atoms with Crippen molar-refractivity contribution in [2.75, 3.05) is 6.54 Å². The topological polar surface area (TPSA) is 214 Å². The SMILES string of the molecule is CC(C)C(N)C(=O)NCC(=O)NC(CCC(N)=O)C(=O)NC(Cc1ccc(O)cc1)C(=O)O. The second-order valence-electron chi connectivity index (χ2n) is 7.88. The number of primary amides is 1. The second kappa shape index (κ2) is 13.0. The fourth-order valence-corrected chi connectivity index (χ4v) is 2.73. The van der Waals surface area contributed by atoms with Crippen LogP contribution in [0.4, 0.5) is 0 Å². The van der Waals surface area contributed by atoms with Crippen molar-refractivity contribution in [2.24, 2.45) is 17.4 Å². The Balaban J connectivity index is 2.81. The number of rotatable bonds is 13. The van der Waals surface area contributed by atoms with Crippen molar-refractivity contribution in [1.82, 2.24) is 16.0 Å². The highest BCUT2D eigenvalue weighted by Crippen LogP contribution is 2.12. The van der Waals surface area contributed by atoms with Gasteiger partial charge in [-0.2, -0.15) is 0 Å². The van der Waals surface area contributed by atoms with Gasteiger partial charge in [0.1, 0.15) is 17.8 Å². The van der Waals surface area contributed by atoms with Gasteiger partial charge in [-0.25, -0.2) is 4.79 Å². The van der Waals surface area contributed by atoms with Crippen LogP contribution in [0.3, 0.4) is 0 Å². The second-order valence-corrected chi connectivity index (χ2v) is 7.88. The molecule has 0 aliphatic rings. The van der Waals surface area contributed by atoms with Crippen LogP contribution in [0.15, 0.2) is 24.3 Å². The van der Waals surface area contributed by atoms with Gasteiger partial charge in [-0.3, -0.25) is 19.2 Å². The number of carbonyl (C=O) groups is 5. The molecular weight excluding hydrogens is 434 g/mol. The third kappa shape index (κ3) is 9.99. The number of amides is 4. The molecule has 3 atom stereocenters. The van der Waals surface area contributed by atoms with Crippen molar-refractivity contribution in [2.45, 2.75) is 51.2 Å². The first-order valence-electron chi connectivity index (χ1n) is 10.3. The number of nitrogens with one attached hydrogen (secondary N) is 3. The van der Waals surface area contributed by atoms with Crippen LogP contribution < -0.4 is 27.4 Å². The number of aromatic hydroxyl groups is 1. The number of phenols is 1. The third-order valence-corrected chi connectivity index (χ3v) is 4.77. The molecule has 12 nitrogen and oxygen atoms in total. The van der Waals surface area contributed by atoms with Crippen molar-refractivity contribution < 1.29 is 34.2 Å². The molecule has 0 aliphatic carbocycles. The third-order valence-electron chi connectivity index (χ3n) is 4.77. The van der Waals surface area contributed by atoms with Crippen molar-refractivity contribution in [1.29, 1.82) is 0 Å². The predicted octanol–water partition coefficient (Wildman–Crippen LogP) is -1.65. The number of carboxylic acids is 1. The van der Waals surface area contributed by atoms with Gasteiger partial charge >= 0.3 is 5.97 Å². The fourth-order valence-electron chi connectivity index (χ4n) is 2.73. The van der Waals surface area contributed by atoms with Crippen LogP contribution in [0.25, 0.3) is 0 Å². The summed E-state index contributed by atoms with van der Waals surface area (Å²) in [5.41, 5.74) is 11.4. The van der Waals surface area contributed by atoms with Crippen LogP contribution in [0.5, 0.6) is 5.75 Å². The summed E-state index contributed by atoms with van der Waals surface area (Å²) in [6.45, 7) is 3.02. The number of aliphatic carboxylic acids is 1. The Morgan fingerprint density at radius 1 is 0.970 bits per heavy atom. The fraction of sp³-hybridized carbons (Fsp3) is 0.476. The van der Waals surface area contributed by atoms with Crippen LogP contribution in [-0.2, 0) is 30.4 Å². The van der Waals surface area contributed by atoms with E-state index in [-0.39, 0.29) is 30.9 Å². The van der Waals surface area contributed by atoms with Gasteiger partial charge in [-0.15, -0.1) is 0 Å². The van der Waals surface area contributed by atoms with Gasteiger partial charge in [-0.1, -0.05) is 26.0 Å². The van der Waals surface area contributed by atoms with Crippen molar-refractivity contribution in [3.8, 4) is 5.75 Å². The van der Waals surface area contributed by atoms with Gasteiger partial charge in [0.15, 0.2) is 0 Å². The van der Waals surface area contributed by atoms with Crippen LogP contribution in [0, 0.1) is 5.92 Å². The molecule has 0 aromatic heterocycles. The Morgan fingerprint density at radius 2 is 1.58 bits per heavy atom. The number of hydrogen-bond donors (Lipinski definition) is 7. The lowest BCUT2D eigenvalue weighted by Crippen LogP contribution is -2.54. The smallest absolute Gasteiger partial charge is 0.326 e. The summed E-state index contributed by atoms with van der Waals surface area (Å²) in [5, 5.41) is 25.9. The first kappa shape index (κ1) is 27.4. The minimum atomic E-state index is -1.33. The molecule has 0 aliphatic heterocycles. The zero-order chi connectivity index (χ0) is 25.1. The van der Waals surface area contributed by atoms with E-state index in [1.807, 2.05) is 0 Å². The average molecular weight is 466 g/mol. The van der Waals surface area contributed by atoms with E-state index in [2.05, 4.69) is 16.0 Å². The molecule has 0 saturated heterocycles. The lowest BCUT2D eigenvalue weighted by atomic mass is 10.0. The standard InChI is InChI=1S/C21H31N5O7/c1-11(2)18(23)20(31)24-10-17(29)25-14(7-8-16(22)28)19(30)26-15(21(32)33)9-12-3-5-13(27)6-4-12/h3-6,11,14-15,18,27H,7-10,23H2,1-2H3,(H2,22,28)(H,24,31)(H,25,29)(H,26,30)(H,32,33). The van der Waals surface area contributed by atoms with E-state index in [4.69, 9.17) is 11.5 Å². The van der Waals surface area contributed by atoms with Crippen molar-refractivity contribution in [3.05, 3.63) is 29.8 Å². The maximum absolute atomic E-state index is 12.7. The minimum absolute atomic E-state index is 0.00494. The van der Waals surface area contributed by atoms with Crippen LogP contribution in [0.1, 0.15) is 32.3 Å². The van der Waals surface area contributed by atoms with E-state index >= 15 is 0 Å². The number of carbonyl (C=O) groups excluding carboxylic acids is 4. The van der Waals surface area contributed by atoms with E-state index in [9.17, 15) is 34.2 Å². The number of benzene rings is 1. The largest absolute Gasteiger partial charge is 0.508 e. The van der Waals surface area contributed by atoms with E-state index in [1.165, 1.54) is 24.3 Å². The number of hydrogen-bond acceptors (Lipinski definition) is 7. The highest BCUT2D eigenvalue weighted by Gasteiger charge is 2.27. The molecular formula is C21H31N5O7. The van der Waals surface area contributed by atoms with E-state index < -0.39 is 54.3 Å². The molecule has 9 N–H and O–H groups in total. The first-order valence-corrected chi connectivity index (χ1v) is 10.3. The quantitative estimate of drug-likeness (QED) is 0.179. The minimum Gasteiger partial charge on any atom is -0.508 e. The Labute approximate surface area is 191 Å². The molecule has 0 radical (unpaired) electrons. The molecule has 0 bridgehead atoms. The lowest BCUT2D eigenvalue weighted by Gasteiger charge is -2.22. The predicted molar refractivity (Wildman–Crippen MR) is 118 cm³/mol. The molecule has 4 amide bonds. The van der Waals surface area contributed by atoms with E-state index in [0.717, 1.165) is 0 Å². The molecule has 0 heterocycles. The normalized spacial score (nSPS) is 13.5. The number of carboxylic acid groups (broad SMARTS) is 1. The number of phenolic OH excluding ortho intramolecular Hbond substituents is 1. The summed E-state index contributed by atoms with van der Waals surface area (Å²) >= 11 is 0. The summed E-state index contributed by atoms with van der Waals surface area (Å²) in [5.74, 6) is -4.27. The van der Waals surface area contributed by atoms with Gasteiger partial charge in [-0.05, 0) is 30.0 Å². The molecule has 1 rings (SSSR count). The molecule has 1 aromatic carbocycles. The molecule has 0 spiro atoms. The van der Waals surface area contributed by atoms with E-state index in [1.54, 1.807) is 13.8 Å². The summed E-state index contributed by atoms with van der Waals surface area (Å²) in [6, 6.07) is 2.36. The van der Waals surface area contributed by atoms with Gasteiger partial charge in [0.05, 0.1) is 12.6 Å². The maximum atomic E-state index is 12.7. The highest BCUT2D eigenvalue weighted by atomic mass is 16.4. The molecule has 12 heteroatoms. The van der Waals surface area contributed by atoms with Crippen molar-refractivity contribution >= 4 is 29.6 Å². The number of nitrogens with two attached hydrogens (primary N) is 2. The summed E-state index contributed by atoms with van der Waals surface area (Å²) < 4.78 is 0. The first-order chi connectivity index (χ1) is 15.4. The molecule has 182 valence electrons. The van der Waals surface area contributed by atoms with Crippen LogP contribution >= 0.6 is 0 Å². The Hall–Kier alpha value is -3.67. The highest BCUT2D eigenvalue weighted by molar-refractivity contribution is 5.93.